The molecule has 0 saturated heterocycles. The third-order valence-electron chi connectivity index (χ3n) is 3.06. The minimum absolute atomic E-state index is 0.545. The molecule has 1 saturated carbocycles. The Morgan fingerprint density at radius 1 is 1.27 bits per heavy atom. The molecule has 0 amide bonds. The Balaban J connectivity index is 2.30. The van der Waals surface area contributed by atoms with Crippen LogP contribution in [0.3, 0.4) is 0 Å². The van der Waals surface area contributed by atoms with Gasteiger partial charge in [-0.2, -0.15) is 0 Å². The first kappa shape index (κ1) is 9.05. The van der Waals surface area contributed by atoms with Gasteiger partial charge >= 0.3 is 0 Å². The van der Waals surface area contributed by atoms with E-state index in [9.17, 15) is 0 Å². The molecule has 66 valence electrons. The third kappa shape index (κ3) is 2.19. The Bertz CT molecular complexity index is 125. The fourth-order valence-corrected chi connectivity index (χ4v) is 1.40. The first-order valence-corrected chi connectivity index (χ1v) is 4.87. The van der Waals surface area contributed by atoms with Crippen LogP contribution in [-0.4, -0.2) is 11.6 Å². The maximum absolute atomic E-state index is 3.72. The first-order valence-electron chi connectivity index (χ1n) is 4.87. The van der Waals surface area contributed by atoms with Crippen LogP contribution in [0.4, 0.5) is 0 Å². The lowest BCUT2D eigenvalue weighted by molar-refractivity contribution is 0.352. The molecule has 1 heteroatoms. The van der Waals surface area contributed by atoms with Crippen molar-refractivity contribution in [3.8, 4) is 0 Å². The van der Waals surface area contributed by atoms with Gasteiger partial charge in [-0.05, 0) is 32.1 Å². The number of hydrogen-bond donors (Lipinski definition) is 1. The average Bonchev–Trinajstić information content (AvgIpc) is 2.69. The largest absolute Gasteiger partial charge is 0.309 e. The summed E-state index contributed by atoms with van der Waals surface area (Å²) < 4.78 is 0. The maximum Gasteiger partial charge on any atom is 0.0182 e. The van der Waals surface area contributed by atoms with Gasteiger partial charge < -0.3 is 5.32 Å². The first-order chi connectivity index (χ1) is 5.09. The van der Waals surface area contributed by atoms with Crippen LogP contribution < -0.4 is 5.32 Å². The lowest BCUT2D eigenvalue weighted by Gasteiger charge is -2.24. The predicted octanol–water partition coefficient (Wildman–Crippen LogP) is 2.56. The zero-order valence-corrected chi connectivity index (χ0v) is 8.28. The van der Waals surface area contributed by atoms with Gasteiger partial charge in [0.05, 0.1) is 0 Å². The van der Waals surface area contributed by atoms with Gasteiger partial charge in [-0.15, -0.1) is 0 Å². The van der Waals surface area contributed by atoms with Crippen LogP contribution in [0.25, 0.3) is 0 Å². The Morgan fingerprint density at radius 3 is 2.09 bits per heavy atom. The molecule has 0 radical (unpaired) electrons. The van der Waals surface area contributed by atoms with Gasteiger partial charge in [-0.1, -0.05) is 20.8 Å². The molecule has 0 heterocycles. The van der Waals surface area contributed by atoms with Gasteiger partial charge in [0.25, 0.3) is 0 Å². The van der Waals surface area contributed by atoms with Crippen LogP contribution >= 0.6 is 0 Å². The van der Waals surface area contributed by atoms with Crippen molar-refractivity contribution < 1.29 is 0 Å². The molecule has 1 rings (SSSR count). The average molecular weight is 155 g/mol. The second-order valence-corrected chi connectivity index (χ2v) is 4.31. The van der Waals surface area contributed by atoms with E-state index in [1.54, 1.807) is 0 Å². The SMILES string of the molecule is CCC1(NC(C)C(C)C)CC1. The van der Waals surface area contributed by atoms with Crippen molar-refractivity contribution in [2.45, 2.75) is 58.5 Å². The van der Waals surface area contributed by atoms with E-state index < -0.39 is 0 Å². The van der Waals surface area contributed by atoms with Gasteiger partial charge in [0.2, 0.25) is 0 Å². The van der Waals surface area contributed by atoms with Crippen molar-refractivity contribution in [1.82, 2.24) is 5.32 Å². The van der Waals surface area contributed by atoms with Crippen LogP contribution in [0, 0.1) is 5.92 Å². The van der Waals surface area contributed by atoms with E-state index in [2.05, 4.69) is 33.0 Å². The molecule has 1 aliphatic carbocycles. The Labute approximate surface area is 70.6 Å². The fraction of sp³-hybridized carbons (Fsp3) is 1.00. The molecule has 1 nitrogen and oxygen atoms in total. The number of hydrogen-bond acceptors (Lipinski definition) is 1. The predicted molar refractivity (Wildman–Crippen MR) is 49.7 cm³/mol. The highest BCUT2D eigenvalue weighted by Gasteiger charge is 2.41. The Kier molecular flexibility index (Phi) is 2.58. The summed E-state index contributed by atoms with van der Waals surface area (Å²) in [5.41, 5.74) is 0.545. The van der Waals surface area contributed by atoms with Crippen LogP contribution in [0.15, 0.2) is 0 Å². The molecule has 0 aromatic carbocycles. The van der Waals surface area contributed by atoms with Crippen LogP contribution in [0.1, 0.15) is 47.0 Å². The highest BCUT2D eigenvalue weighted by molar-refractivity contribution is 5.02. The monoisotopic (exact) mass is 155 g/mol. The topological polar surface area (TPSA) is 12.0 Å². The molecular weight excluding hydrogens is 134 g/mol. The van der Waals surface area contributed by atoms with E-state index in [1.165, 1.54) is 19.3 Å². The standard InChI is InChI=1S/C10H21N/c1-5-10(6-7-10)11-9(4)8(2)3/h8-9,11H,5-7H2,1-4H3. The van der Waals surface area contributed by atoms with E-state index in [4.69, 9.17) is 0 Å². The summed E-state index contributed by atoms with van der Waals surface area (Å²) in [5.74, 6) is 0.763. The van der Waals surface area contributed by atoms with Crippen molar-refractivity contribution in [2.75, 3.05) is 0 Å². The third-order valence-corrected chi connectivity index (χ3v) is 3.06. The second kappa shape index (κ2) is 3.14. The Hall–Kier alpha value is -0.0400. The summed E-state index contributed by atoms with van der Waals surface area (Å²) in [6, 6.07) is 0.678. The van der Waals surface area contributed by atoms with Gasteiger partial charge in [-0.25, -0.2) is 0 Å². The zero-order valence-electron chi connectivity index (χ0n) is 8.28. The van der Waals surface area contributed by atoms with E-state index in [0.717, 1.165) is 5.92 Å². The van der Waals surface area contributed by atoms with Gasteiger partial charge in [0.15, 0.2) is 0 Å². The summed E-state index contributed by atoms with van der Waals surface area (Å²) in [6.07, 6.45) is 4.07. The minimum atomic E-state index is 0.545. The number of nitrogens with one attached hydrogen (secondary N) is 1. The van der Waals surface area contributed by atoms with Crippen molar-refractivity contribution >= 4 is 0 Å². The quantitative estimate of drug-likeness (QED) is 0.658. The lowest BCUT2D eigenvalue weighted by Crippen LogP contribution is -2.40. The molecule has 1 unspecified atom stereocenters. The molecule has 1 fully saturated rings. The van der Waals surface area contributed by atoms with Gasteiger partial charge in [-0.3, -0.25) is 0 Å². The molecule has 0 aromatic rings. The zero-order chi connectivity index (χ0) is 8.48. The molecule has 0 aromatic heterocycles. The van der Waals surface area contributed by atoms with Crippen molar-refractivity contribution in [3.05, 3.63) is 0 Å². The van der Waals surface area contributed by atoms with Crippen LogP contribution in [0.2, 0.25) is 0 Å². The number of rotatable bonds is 4. The van der Waals surface area contributed by atoms with Crippen molar-refractivity contribution in [1.29, 1.82) is 0 Å². The highest BCUT2D eigenvalue weighted by Crippen LogP contribution is 2.39. The molecule has 1 N–H and O–H groups in total. The molecule has 11 heavy (non-hydrogen) atoms. The summed E-state index contributed by atoms with van der Waals surface area (Å²) in [5, 5.41) is 3.72. The smallest absolute Gasteiger partial charge is 0.0182 e. The van der Waals surface area contributed by atoms with Gasteiger partial charge in [0, 0.05) is 11.6 Å². The van der Waals surface area contributed by atoms with E-state index in [-0.39, 0.29) is 0 Å². The summed E-state index contributed by atoms with van der Waals surface area (Å²) in [6.45, 7) is 9.14. The molecule has 1 aliphatic rings. The van der Waals surface area contributed by atoms with Gasteiger partial charge in [0.1, 0.15) is 0 Å². The van der Waals surface area contributed by atoms with Crippen LogP contribution in [0.5, 0.6) is 0 Å². The van der Waals surface area contributed by atoms with E-state index in [1.807, 2.05) is 0 Å². The normalized spacial score (nSPS) is 23.7. The van der Waals surface area contributed by atoms with Crippen LogP contribution in [-0.2, 0) is 0 Å². The Morgan fingerprint density at radius 2 is 1.82 bits per heavy atom. The fourth-order valence-electron chi connectivity index (χ4n) is 1.40. The molecule has 0 bridgehead atoms. The van der Waals surface area contributed by atoms with Crippen molar-refractivity contribution in [3.63, 3.8) is 0 Å². The molecule has 0 spiro atoms. The van der Waals surface area contributed by atoms with Crippen molar-refractivity contribution in [2.24, 2.45) is 5.92 Å². The molecule has 1 atom stereocenters. The van der Waals surface area contributed by atoms with E-state index >= 15 is 0 Å². The highest BCUT2D eigenvalue weighted by atomic mass is 15.0. The second-order valence-electron chi connectivity index (χ2n) is 4.31. The molecule has 0 aliphatic heterocycles. The molecular formula is C10H21N. The summed E-state index contributed by atoms with van der Waals surface area (Å²) >= 11 is 0. The summed E-state index contributed by atoms with van der Waals surface area (Å²) in [7, 11) is 0. The summed E-state index contributed by atoms with van der Waals surface area (Å²) in [4.78, 5) is 0. The minimum Gasteiger partial charge on any atom is -0.309 e. The maximum atomic E-state index is 3.72. The van der Waals surface area contributed by atoms with E-state index in [0.29, 0.717) is 11.6 Å². The lowest BCUT2D eigenvalue weighted by atomic mass is 10.0.